The lowest BCUT2D eigenvalue weighted by Crippen LogP contribution is -1.91. The largest absolute Gasteiger partial charge is 0.319 e. The number of hydrogen-bond acceptors (Lipinski definition) is 3. The van der Waals surface area contributed by atoms with E-state index in [9.17, 15) is 4.57 Å². The molecule has 0 amide bonds. The van der Waals surface area contributed by atoms with Gasteiger partial charge < -0.3 is 9.05 Å². The van der Waals surface area contributed by atoms with Gasteiger partial charge in [0.25, 0.3) is 0 Å². The molecule has 0 bridgehead atoms. The number of hydrogen-bond donors (Lipinski definition) is 0. The van der Waals surface area contributed by atoms with Crippen LogP contribution in [0.5, 0.6) is 0 Å². The van der Waals surface area contributed by atoms with E-state index in [-0.39, 0.29) is 0 Å². The second-order valence-electron chi connectivity index (χ2n) is 1.32. The molecule has 0 aliphatic rings. The fourth-order valence-corrected chi connectivity index (χ4v) is 2.18. The average molecular weight is 390 g/mol. The molecule has 62 valence electrons. The topological polar surface area (TPSA) is 35.5 Å². The second-order valence-corrected chi connectivity index (χ2v) is 4.56. The molecule has 6 heteroatoms. The quantitative estimate of drug-likeness (QED) is 0.397. The van der Waals surface area contributed by atoms with Gasteiger partial charge in [-0.3, -0.25) is 4.57 Å². The average Bonchev–Trinajstić information content (AvgIpc) is 1.97. The molecule has 0 atom stereocenters. The molecule has 10 heavy (non-hydrogen) atoms. The monoisotopic (exact) mass is 390 g/mol. The summed E-state index contributed by atoms with van der Waals surface area (Å²) in [6, 6.07) is 0. The first-order valence-corrected chi connectivity index (χ1v) is 7.00. The summed E-state index contributed by atoms with van der Waals surface area (Å²) in [5.74, 6) is 0. The van der Waals surface area contributed by atoms with Crippen molar-refractivity contribution in [2.75, 3.05) is 22.1 Å². The number of rotatable bonds is 6. The highest BCUT2D eigenvalue weighted by molar-refractivity contribution is 14.1. The normalized spacial score (nSPS) is 10.7. The third kappa shape index (κ3) is 7.71. The van der Waals surface area contributed by atoms with Crippen LogP contribution in [0.2, 0.25) is 0 Å². The van der Waals surface area contributed by atoms with Crippen molar-refractivity contribution in [2.24, 2.45) is 0 Å². The van der Waals surface area contributed by atoms with E-state index < -0.39 is 8.25 Å². The van der Waals surface area contributed by atoms with E-state index in [2.05, 4.69) is 45.2 Å². The molecule has 0 heterocycles. The van der Waals surface area contributed by atoms with Crippen molar-refractivity contribution in [3.63, 3.8) is 0 Å². The molecule has 0 radical (unpaired) electrons. The third-order valence-corrected chi connectivity index (χ3v) is 2.35. The van der Waals surface area contributed by atoms with Gasteiger partial charge in [-0.1, -0.05) is 45.2 Å². The molecule has 0 aromatic carbocycles. The van der Waals surface area contributed by atoms with E-state index in [1.54, 1.807) is 0 Å². The summed E-state index contributed by atoms with van der Waals surface area (Å²) in [5.41, 5.74) is 0. The van der Waals surface area contributed by atoms with E-state index in [1.807, 2.05) is 0 Å². The molecule has 0 aliphatic heterocycles. The molecule has 0 aromatic rings. The summed E-state index contributed by atoms with van der Waals surface area (Å²) in [5, 5.41) is 0. The standard InChI is InChI=1S/C4H9I2O3P/c5-1-3-8-10(7)9-4-2-6/h10H,1-4H2. The van der Waals surface area contributed by atoms with Crippen LogP contribution >= 0.6 is 53.4 Å². The molecule has 3 nitrogen and oxygen atoms in total. The lowest BCUT2D eigenvalue weighted by Gasteiger charge is -2.00. The predicted molar refractivity (Wildman–Crippen MR) is 58.7 cm³/mol. The minimum Gasteiger partial charge on any atom is -0.310 e. The number of alkyl halides is 2. The zero-order valence-corrected chi connectivity index (χ0v) is 10.6. The van der Waals surface area contributed by atoms with Gasteiger partial charge in [-0.25, -0.2) is 0 Å². The molecule has 0 saturated heterocycles. The first kappa shape index (κ1) is 11.6. The van der Waals surface area contributed by atoms with Crippen LogP contribution in [0.4, 0.5) is 0 Å². The SMILES string of the molecule is O=[PH](OCCI)OCCI. The van der Waals surface area contributed by atoms with Gasteiger partial charge in [0.05, 0.1) is 13.2 Å². The van der Waals surface area contributed by atoms with E-state index >= 15 is 0 Å². The molecule has 0 saturated carbocycles. The Kier molecular flexibility index (Phi) is 10.1. The van der Waals surface area contributed by atoms with Crippen LogP contribution in [0.1, 0.15) is 0 Å². The van der Waals surface area contributed by atoms with Gasteiger partial charge in [-0.2, -0.15) is 0 Å². The predicted octanol–water partition coefficient (Wildman–Crippen LogP) is 2.28. The van der Waals surface area contributed by atoms with Gasteiger partial charge in [-0.15, -0.1) is 0 Å². The summed E-state index contributed by atoms with van der Waals surface area (Å²) >= 11 is 4.31. The van der Waals surface area contributed by atoms with Crippen LogP contribution < -0.4 is 0 Å². The zero-order chi connectivity index (χ0) is 7.82. The fraction of sp³-hybridized carbons (Fsp3) is 1.00. The Hall–Kier alpha value is 1.61. The van der Waals surface area contributed by atoms with Crippen molar-refractivity contribution < 1.29 is 13.6 Å². The Morgan fingerprint density at radius 2 is 1.50 bits per heavy atom. The Labute approximate surface area is 88.5 Å². The molecule has 0 spiro atoms. The lowest BCUT2D eigenvalue weighted by atomic mass is 10.9. The summed E-state index contributed by atoms with van der Waals surface area (Å²) in [6.45, 7) is 1.03. The van der Waals surface area contributed by atoms with Crippen molar-refractivity contribution in [3.8, 4) is 0 Å². The van der Waals surface area contributed by atoms with Crippen molar-refractivity contribution in [1.82, 2.24) is 0 Å². The smallest absolute Gasteiger partial charge is 0.310 e. The molecule has 0 aliphatic carbocycles. The highest BCUT2D eigenvalue weighted by Gasteiger charge is 1.96. The van der Waals surface area contributed by atoms with Crippen LogP contribution in [-0.4, -0.2) is 22.1 Å². The maximum atomic E-state index is 10.7. The van der Waals surface area contributed by atoms with Crippen LogP contribution in [0.15, 0.2) is 0 Å². The fourth-order valence-electron chi connectivity index (χ4n) is 0.285. The first-order valence-electron chi connectivity index (χ1n) is 2.72. The summed E-state index contributed by atoms with van der Waals surface area (Å²) in [6.07, 6.45) is 0. The lowest BCUT2D eigenvalue weighted by molar-refractivity contribution is 0.248. The van der Waals surface area contributed by atoms with Crippen LogP contribution in [0.25, 0.3) is 0 Å². The Morgan fingerprint density at radius 1 is 1.10 bits per heavy atom. The van der Waals surface area contributed by atoms with Gasteiger partial charge >= 0.3 is 8.25 Å². The summed E-state index contributed by atoms with van der Waals surface area (Å²) in [4.78, 5) is 0. The van der Waals surface area contributed by atoms with E-state index in [1.165, 1.54) is 0 Å². The van der Waals surface area contributed by atoms with Crippen LogP contribution in [-0.2, 0) is 13.6 Å². The maximum Gasteiger partial charge on any atom is 0.319 e. The molecular formula is C4H9I2O3P. The number of halogens is 2. The Balaban J connectivity index is 3.09. The van der Waals surface area contributed by atoms with Crippen molar-refractivity contribution >= 4 is 53.4 Å². The van der Waals surface area contributed by atoms with Crippen molar-refractivity contribution in [1.29, 1.82) is 0 Å². The molecular weight excluding hydrogens is 381 g/mol. The zero-order valence-electron chi connectivity index (χ0n) is 5.31. The van der Waals surface area contributed by atoms with E-state index in [4.69, 9.17) is 9.05 Å². The first-order chi connectivity index (χ1) is 4.81. The third-order valence-electron chi connectivity index (χ3n) is 0.594. The Bertz CT molecular complexity index is 90.5. The van der Waals surface area contributed by atoms with Gasteiger partial charge in [0.15, 0.2) is 0 Å². The van der Waals surface area contributed by atoms with Crippen LogP contribution in [0.3, 0.4) is 0 Å². The van der Waals surface area contributed by atoms with Crippen molar-refractivity contribution in [2.45, 2.75) is 0 Å². The van der Waals surface area contributed by atoms with Gasteiger partial charge in [0.1, 0.15) is 0 Å². The van der Waals surface area contributed by atoms with E-state index in [0.717, 1.165) is 8.86 Å². The highest BCUT2D eigenvalue weighted by atomic mass is 127. The molecule has 0 N–H and O–H groups in total. The molecule has 0 unspecified atom stereocenters. The summed E-state index contributed by atoms with van der Waals surface area (Å²) < 4.78 is 22.0. The molecule has 0 aromatic heterocycles. The van der Waals surface area contributed by atoms with Gasteiger partial charge in [0.2, 0.25) is 0 Å². The summed E-state index contributed by atoms with van der Waals surface area (Å²) in [7, 11) is -2.17. The molecule has 0 rings (SSSR count). The molecule has 0 fully saturated rings. The highest BCUT2D eigenvalue weighted by Crippen LogP contribution is 2.23. The second kappa shape index (κ2) is 8.70. The van der Waals surface area contributed by atoms with Crippen LogP contribution in [0, 0.1) is 0 Å². The van der Waals surface area contributed by atoms with Gasteiger partial charge in [-0.05, 0) is 0 Å². The van der Waals surface area contributed by atoms with E-state index in [0.29, 0.717) is 13.2 Å². The Morgan fingerprint density at radius 3 is 1.80 bits per heavy atom. The van der Waals surface area contributed by atoms with Gasteiger partial charge in [0, 0.05) is 8.86 Å². The minimum atomic E-state index is -2.17. The van der Waals surface area contributed by atoms with Crippen molar-refractivity contribution in [3.05, 3.63) is 0 Å². The maximum absolute atomic E-state index is 10.7. The minimum absolute atomic E-state index is 0.513.